The number of hydrogen-bond donors (Lipinski definition) is 1. The minimum Gasteiger partial charge on any atom is -0.469 e. The number of nitrogen functional groups attached to an aromatic ring is 1. The predicted molar refractivity (Wildman–Crippen MR) is 85.1 cm³/mol. The van der Waals surface area contributed by atoms with Crippen LogP contribution in [-0.2, 0) is 13.5 Å². The molecule has 21 heavy (non-hydrogen) atoms. The van der Waals surface area contributed by atoms with Crippen molar-refractivity contribution in [3.05, 3.63) is 47.4 Å². The van der Waals surface area contributed by atoms with Gasteiger partial charge in [0.05, 0.1) is 11.8 Å². The van der Waals surface area contributed by atoms with Gasteiger partial charge >= 0.3 is 0 Å². The Labute approximate surface area is 128 Å². The van der Waals surface area contributed by atoms with Gasteiger partial charge in [0.2, 0.25) is 0 Å². The Hall–Kier alpha value is -2.20. The van der Waals surface area contributed by atoms with Crippen molar-refractivity contribution in [2.45, 2.75) is 13.3 Å². The zero-order chi connectivity index (χ0) is 15.0. The van der Waals surface area contributed by atoms with Gasteiger partial charge in [-0.05, 0) is 23.8 Å². The number of halogens is 1. The Balaban J connectivity index is 2.23. The summed E-state index contributed by atoms with van der Waals surface area (Å²) in [5.41, 5.74) is 9.92. The van der Waals surface area contributed by atoms with E-state index >= 15 is 0 Å². The van der Waals surface area contributed by atoms with Gasteiger partial charge in [-0.25, -0.2) is 0 Å². The van der Waals surface area contributed by atoms with Gasteiger partial charge in [0.1, 0.15) is 17.3 Å². The average molecular weight is 302 g/mol. The smallest absolute Gasteiger partial charge is 0.129 e. The van der Waals surface area contributed by atoms with E-state index < -0.39 is 0 Å². The number of hydrogen-bond acceptors (Lipinski definition) is 3. The summed E-state index contributed by atoms with van der Waals surface area (Å²) in [6, 6.07) is 9.53. The van der Waals surface area contributed by atoms with Crippen LogP contribution in [0.2, 0.25) is 5.02 Å². The molecule has 0 aliphatic rings. The first-order valence-corrected chi connectivity index (χ1v) is 7.14. The molecule has 1 aromatic carbocycles. The zero-order valence-corrected chi connectivity index (χ0v) is 12.7. The minimum atomic E-state index is 0.621. The summed E-state index contributed by atoms with van der Waals surface area (Å²) in [5.74, 6) is 1.53. The van der Waals surface area contributed by atoms with Crippen LogP contribution in [-0.4, -0.2) is 9.78 Å². The third-order valence-electron chi connectivity index (χ3n) is 3.55. The van der Waals surface area contributed by atoms with Crippen molar-refractivity contribution in [2.24, 2.45) is 7.05 Å². The molecule has 3 aromatic rings. The quantitative estimate of drug-likeness (QED) is 0.791. The first-order valence-electron chi connectivity index (χ1n) is 6.77. The van der Waals surface area contributed by atoms with Crippen molar-refractivity contribution in [1.29, 1.82) is 0 Å². The van der Waals surface area contributed by atoms with E-state index in [1.807, 2.05) is 37.4 Å². The highest BCUT2D eigenvalue weighted by Crippen LogP contribution is 2.38. The Morgan fingerprint density at radius 3 is 2.62 bits per heavy atom. The topological polar surface area (TPSA) is 57.0 Å². The lowest BCUT2D eigenvalue weighted by molar-refractivity contribution is 0.517. The maximum Gasteiger partial charge on any atom is 0.129 e. The fraction of sp³-hybridized carbons (Fsp3) is 0.188. The van der Waals surface area contributed by atoms with Gasteiger partial charge in [0.25, 0.3) is 0 Å². The maximum absolute atomic E-state index is 6.21. The molecule has 4 nitrogen and oxygen atoms in total. The molecule has 2 aromatic heterocycles. The molecule has 0 unspecified atom stereocenters. The number of benzene rings is 1. The number of furan rings is 1. The fourth-order valence-corrected chi connectivity index (χ4v) is 2.58. The number of anilines is 1. The van der Waals surface area contributed by atoms with E-state index in [0.717, 1.165) is 34.6 Å². The standard InChI is InChI=1S/C16H16ClN3O/c1-3-13-12(8-9-21-13)15-14(16(18)20(2)19-15)10-4-6-11(17)7-5-10/h4-9H,3,18H2,1-2H3. The average Bonchev–Trinajstić information content (AvgIpc) is 3.06. The molecule has 0 saturated carbocycles. The van der Waals surface area contributed by atoms with Crippen molar-refractivity contribution < 1.29 is 4.42 Å². The molecule has 0 fully saturated rings. The molecule has 5 heteroatoms. The van der Waals surface area contributed by atoms with Gasteiger partial charge in [0, 0.05) is 24.1 Å². The van der Waals surface area contributed by atoms with Crippen molar-refractivity contribution >= 4 is 17.4 Å². The lowest BCUT2D eigenvalue weighted by Crippen LogP contribution is -1.97. The monoisotopic (exact) mass is 301 g/mol. The highest BCUT2D eigenvalue weighted by molar-refractivity contribution is 6.30. The van der Waals surface area contributed by atoms with Gasteiger partial charge in [-0.1, -0.05) is 30.7 Å². The third kappa shape index (κ3) is 2.32. The van der Waals surface area contributed by atoms with Crippen LogP contribution in [0.15, 0.2) is 41.0 Å². The zero-order valence-electron chi connectivity index (χ0n) is 11.9. The molecule has 0 aliphatic carbocycles. The normalized spacial score (nSPS) is 11.0. The van der Waals surface area contributed by atoms with Crippen molar-refractivity contribution in [3.63, 3.8) is 0 Å². The van der Waals surface area contributed by atoms with Crippen LogP contribution in [0, 0.1) is 0 Å². The molecule has 0 radical (unpaired) electrons. The molecular weight excluding hydrogens is 286 g/mol. The molecule has 0 spiro atoms. The highest BCUT2D eigenvalue weighted by atomic mass is 35.5. The molecule has 3 rings (SSSR count). The number of aromatic nitrogens is 2. The number of rotatable bonds is 3. The van der Waals surface area contributed by atoms with E-state index in [1.165, 1.54) is 0 Å². The Morgan fingerprint density at radius 1 is 1.24 bits per heavy atom. The second-order valence-electron chi connectivity index (χ2n) is 4.85. The summed E-state index contributed by atoms with van der Waals surface area (Å²) in [4.78, 5) is 0. The highest BCUT2D eigenvalue weighted by Gasteiger charge is 2.20. The van der Waals surface area contributed by atoms with E-state index in [2.05, 4.69) is 12.0 Å². The lowest BCUT2D eigenvalue weighted by Gasteiger charge is -2.04. The number of nitrogens with zero attached hydrogens (tertiary/aromatic N) is 2. The molecule has 0 bridgehead atoms. The largest absolute Gasteiger partial charge is 0.469 e. The molecule has 0 saturated heterocycles. The van der Waals surface area contributed by atoms with Crippen LogP contribution in [0.4, 0.5) is 5.82 Å². The van der Waals surface area contributed by atoms with E-state index in [1.54, 1.807) is 10.9 Å². The van der Waals surface area contributed by atoms with Crippen LogP contribution >= 0.6 is 11.6 Å². The minimum absolute atomic E-state index is 0.621. The first-order chi connectivity index (χ1) is 10.1. The SMILES string of the molecule is CCc1occc1-c1nn(C)c(N)c1-c1ccc(Cl)cc1. The van der Waals surface area contributed by atoms with Crippen LogP contribution in [0.3, 0.4) is 0 Å². The summed E-state index contributed by atoms with van der Waals surface area (Å²) in [6.45, 7) is 2.05. The van der Waals surface area contributed by atoms with Crippen LogP contribution in [0.5, 0.6) is 0 Å². The van der Waals surface area contributed by atoms with Gasteiger partial charge in [-0.3, -0.25) is 4.68 Å². The van der Waals surface area contributed by atoms with Crippen LogP contribution in [0.25, 0.3) is 22.4 Å². The lowest BCUT2D eigenvalue weighted by atomic mass is 10.0. The maximum atomic E-state index is 6.21. The molecule has 0 atom stereocenters. The molecule has 2 heterocycles. The molecule has 108 valence electrons. The molecule has 0 aliphatic heterocycles. The van der Waals surface area contributed by atoms with E-state index in [4.69, 9.17) is 21.8 Å². The third-order valence-corrected chi connectivity index (χ3v) is 3.80. The predicted octanol–water partition coefficient (Wildman–Crippen LogP) is 4.15. The van der Waals surface area contributed by atoms with Crippen LogP contribution < -0.4 is 5.73 Å². The Kier molecular flexibility index (Phi) is 3.47. The Morgan fingerprint density at radius 2 is 1.95 bits per heavy atom. The van der Waals surface area contributed by atoms with Crippen molar-refractivity contribution in [3.8, 4) is 22.4 Å². The van der Waals surface area contributed by atoms with Crippen molar-refractivity contribution in [1.82, 2.24) is 9.78 Å². The number of nitrogens with two attached hydrogens (primary N) is 1. The summed E-state index contributed by atoms with van der Waals surface area (Å²) in [5, 5.41) is 5.25. The summed E-state index contributed by atoms with van der Waals surface area (Å²) >= 11 is 5.96. The molecule has 0 amide bonds. The Bertz CT molecular complexity index is 771. The van der Waals surface area contributed by atoms with Gasteiger partial charge in [0.15, 0.2) is 0 Å². The van der Waals surface area contributed by atoms with Gasteiger partial charge in [-0.15, -0.1) is 0 Å². The first kappa shape index (κ1) is 13.8. The van der Waals surface area contributed by atoms with E-state index in [9.17, 15) is 0 Å². The van der Waals surface area contributed by atoms with E-state index in [-0.39, 0.29) is 0 Å². The summed E-state index contributed by atoms with van der Waals surface area (Å²) < 4.78 is 7.20. The van der Waals surface area contributed by atoms with Gasteiger partial charge in [-0.2, -0.15) is 5.10 Å². The van der Waals surface area contributed by atoms with E-state index in [0.29, 0.717) is 10.8 Å². The molecular formula is C16H16ClN3O. The van der Waals surface area contributed by atoms with Gasteiger partial charge < -0.3 is 10.2 Å². The number of aryl methyl sites for hydroxylation is 2. The van der Waals surface area contributed by atoms with Crippen LogP contribution in [0.1, 0.15) is 12.7 Å². The summed E-state index contributed by atoms with van der Waals surface area (Å²) in [6.07, 6.45) is 2.49. The molecule has 2 N–H and O–H groups in total. The summed E-state index contributed by atoms with van der Waals surface area (Å²) in [7, 11) is 1.84. The van der Waals surface area contributed by atoms with Crippen molar-refractivity contribution in [2.75, 3.05) is 5.73 Å². The second kappa shape index (κ2) is 5.30. The second-order valence-corrected chi connectivity index (χ2v) is 5.29. The fourth-order valence-electron chi connectivity index (χ4n) is 2.45.